The van der Waals surface area contributed by atoms with E-state index in [1.165, 1.54) is 16.9 Å². The molecule has 5 nitrogen and oxygen atoms in total. The van der Waals surface area contributed by atoms with Gasteiger partial charge in [-0.15, -0.1) is 11.3 Å². The number of hydrogen-bond donors (Lipinski definition) is 2. The minimum atomic E-state index is 0.347. The first-order chi connectivity index (χ1) is 9.80. The van der Waals surface area contributed by atoms with Crippen LogP contribution in [0.5, 0.6) is 11.6 Å². The summed E-state index contributed by atoms with van der Waals surface area (Å²) in [6, 6.07) is 9.91. The maximum absolute atomic E-state index is 5.85. The second-order valence-electron chi connectivity index (χ2n) is 4.24. The minimum Gasteiger partial charge on any atom is -0.438 e. The molecule has 0 atom stereocenters. The van der Waals surface area contributed by atoms with Crippen LogP contribution in [0, 0.1) is 0 Å². The largest absolute Gasteiger partial charge is 0.438 e. The summed E-state index contributed by atoms with van der Waals surface area (Å²) in [5.74, 6) is 6.99. The van der Waals surface area contributed by atoms with Crippen LogP contribution in [0.3, 0.4) is 0 Å². The molecule has 102 valence electrons. The average Bonchev–Trinajstić information content (AvgIpc) is 2.96. The number of hydrogen-bond acceptors (Lipinski definition) is 6. The van der Waals surface area contributed by atoms with Crippen molar-refractivity contribution in [3.63, 3.8) is 0 Å². The normalized spacial score (nSPS) is 10.7. The molecule has 0 saturated heterocycles. The number of nitrogens with two attached hydrogens (primary N) is 1. The van der Waals surface area contributed by atoms with Gasteiger partial charge in [0, 0.05) is 0 Å². The van der Waals surface area contributed by atoms with Crippen molar-refractivity contribution in [2.75, 3.05) is 5.43 Å². The summed E-state index contributed by atoms with van der Waals surface area (Å²) >= 11 is 1.52. The summed E-state index contributed by atoms with van der Waals surface area (Å²) in [6.45, 7) is 2.12. The fourth-order valence-corrected chi connectivity index (χ4v) is 2.63. The lowest BCUT2D eigenvalue weighted by Gasteiger charge is -2.08. The van der Waals surface area contributed by atoms with Gasteiger partial charge >= 0.3 is 0 Å². The zero-order valence-corrected chi connectivity index (χ0v) is 11.8. The summed E-state index contributed by atoms with van der Waals surface area (Å²) in [7, 11) is 0. The Balaban J connectivity index is 1.98. The van der Waals surface area contributed by atoms with Gasteiger partial charge in [0.15, 0.2) is 0 Å². The third kappa shape index (κ3) is 2.43. The molecule has 0 aliphatic rings. The average molecular weight is 286 g/mol. The summed E-state index contributed by atoms with van der Waals surface area (Å²) < 4.78 is 5.85. The fourth-order valence-electron chi connectivity index (χ4n) is 1.88. The maximum Gasteiger partial charge on any atom is 0.241 e. The number of nitrogens with one attached hydrogen (secondary N) is 1. The van der Waals surface area contributed by atoms with Gasteiger partial charge in [0.05, 0.1) is 5.39 Å². The fraction of sp³-hybridized carbons (Fsp3) is 0.143. The molecule has 1 aromatic carbocycles. The monoisotopic (exact) mass is 286 g/mol. The highest BCUT2D eigenvalue weighted by Crippen LogP contribution is 2.31. The standard InChI is InChI=1S/C14H14N4OS/c1-2-9-3-5-10(6-4-9)19-12-11-7-8-20-13(11)17-14(16-12)18-15/h3-8H,2,15H2,1H3,(H,16,17,18). The number of aromatic nitrogens is 2. The van der Waals surface area contributed by atoms with Crippen molar-refractivity contribution in [2.45, 2.75) is 13.3 Å². The van der Waals surface area contributed by atoms with E-state index in [0.29, 0.717) is 11.8 Å². The highest BCUT2D eigenvalue weighted by molar-refractivity contribution is 7.16. The molecule has 3 aromatic rings. The molecule has 0 spiro atoms. The van der Waals surface area contributed by atoms with Gasteiger partial charge in [-0.2, -0.15) is 4.98 Å². The number of rotatable bonds is 4. The highest BCUT2D eigenvalue weighted by atomic mass is 32.1. The van der Waals surface area contributed by atoms with Crippen LogP contribution in [0.15, 0.2) is 35.7 Å². The number of aryl methyl sites for hydroxylation is 1. The summed E-state index contributed by atoms with van der Waals surface area (Å²) in [5.41, 5.74) is 3.73. The third-order valence-electron chi connectivity index (χ3n) is 2.97. The van der Waals surface area contributed by atoms with Crippen molar-refractivity contribution >= 4 is 27.5 Å². The van der Waals surface area contributed by atoms with E-state index in [1.807, 2.05) is 35.7 Å². The van der Waals surface area contributed by atoms with Crippen molar-refractivity contribution in [1.82, 2.24) is 9.97 Å². The predicted octanol–water partition coefficient (Wildman–Crippen LogP) is 3.33. The minimum absolute atomic E-state index is 0.347. The molecular formula is C14H14N4OS. The Hall–Kier alpha value is -2.18. The van der Waals surface area contributed by atoms with Gasteiger partial charge in [0.1, 0.15) is 10.6 Å². The number of hydrazine groups is 1. The van der Waals surface area contributed by atoms with E-state index >= 15 is 0 Å². The van der Waals surface area contributed by atoms with E-state index in [4.69, 9.17) is 10.6 Å². The van der Waals surface area contributed by atoms with Gasteiger partial charge in [-0.05, 0) is 35.6 Å². The molecule has 0 aliphatic heterocycles. The van der Waals surface area contributed by atoms with E-state index in [-0.39, 0.29) is 0 Å². The van der Waals surface area contributed by atoms with Crippen LogP contribution in [0.4, 0.5) is 5.95 Å². The Bertz CT molecular complexity index is 724. The molecule has 0 saturated carbocycles. The number of benzene rings is 1. The molecule has 2 aromatic heterocycles. The zero-order valence-electron chi connectivity index (χ0n) is 11.0. The van der Waals surface area contributed by atoms with Gasteiger partial charge in [-0.1, -0.05) is 19.1 Å². The lowest BCUT2D eigenvalue weighted by atomic mass is 10.2. The lowest BCUT2D eigenvalue weighted by molar-refractivity contribution is 0.469. The third-order valence-corrected chi connectivity index (χ3v) is 3.77. The molecule has 0 radical (unpaired) electrons. The number of anilines is 1. The van der Waals surface area contributed by atoms with Crippen molar-refractivity contribution in [1.29, 1.82) is 0 Å². The number of nitrogen functional groups attached to an aromatic ring is 1. The molecule has 3 N–H and O–H groups in total. The Kier molecular flexibility index (Phi) is 3.49. The van der Waals surface area contributed by atoms with Crippen LogP contribution in [0.25, 0.3) is 10.2 Å². The predicted molar refractivity (Wildman–Crippen MR) is 81.1 cm³/mol. The lowest BCUT2D eigenvalue weighted by Crippen LogP contribution is -2.10. The first-order valence-corrected chi connectivity index (χ1v) is 7.16. The Morgan fingerprint density at radius 1 is 1.20 bits per heavy atom. The van der Waals surface area contributed by atoms with E-state index in [2.05, 4.69) is 22.3 Å². The number of thiophene rings is 1. The maximum atomic E-state index is 5.85. The summed E-state index contributed by atoms with van der Waals surface area (Å²) in [5, 5.41) is 2.83. The first kappa shape index (κ1) is 12.8. The molecule has 20 heavy (non-hydrogen) atoms. The smallest absolute Gasteiger partial charge is 0.241 e. The van der Waals surface area contributed by atoms with Crippen LogP contribution in [0.2, 0.25) is 0 Å². The van der Waals surface area contributed by atoms with E-state index < -0.39 is 0 Å². The van der Waals surface area contributed by atoms with Crippen LogP contribution in [0.1, 0.15) is 12.5 Å². The molecule has 2 heterocycles. The van der Waals surface area contributed by atoms with Crippen LogP contribution in [-0.4, -0.2) is 9.97 Å². The van der Waals surface area contributed by atoms with Crippen molar-refractivity contribution in [2.24, 2.45) is 5.84 Å². The van der Waals surface area contributed by atoms with E-state index in [0.717, 1.165) is 22.4 Å². The Morgan fingerprint density at radius 3 is 2.70 bits per heavy atom. The molecule has 0 aliphatic carbocycles. The van der Waals surface area contributed by atoms with Gasteiger partial charge in [0.2, 0.25) is 11.8 Å². The Labute approximate surface area is 120 Å². The second-order valence-corrected chi connectivity index (χ2v) is 5.13. The first-order valence-electron chi connectivity index (χ1n) is 6.29. The molecule has 0 unspecified atom stereocenters. The highest BCUT2D eigenvalue weighted by Gasteiger charge is 2.10. The molecule has 3 rings (SSSR count). The van der Waals surface area contributed by atoms with Gasteiger partial charge < -0.3 is 4.74 Å². The van der Waals surface area contributed by atoms with Crippen molar-refractivity contribution < 1.29 is 4.74 Å². The topological polar surface area (TPSA) is 73.1 Å². The van der Waals surface area contributed by atoms with Gasteiger partial charge in [-0.3, -0.25) is 5.43 Å². The van der Waals surface area contributed by atoms with Crippen LogP contribution < -0.4 is 16.0 Å². The Morgan fingerprint density at radius 2 is 2.00 bits per heavy atom. The summed E-state index contributed by atoms with van der Waals surface area (Å²) in [6.07, 6.45) is 1.00. The molecule has 0 amide bonds. The van der Waals surface area contributed by atoms with Crippen molar-refractivity contribution in [3.05, 3.63) is 41.3 Å². The number of nitrogens with zero attached hydrogens (tertiary/aromatic N) is 2. The summed E-state index contributed by atoms with van der Waals surface area (Å²) in [4.78, 5) is 9.38. The SMILES string of the molecule is CCc1ccc(Oc2nc(NN)nc3sccc23)cc1. The second kappa shape index (κ2) is 5.44. The molecule has 6 heteroatoms. The van der Waals surface area contributed by atoms with Gasteiger partial charge in [-0.25, -0.2) is 10.8 Å². The molecule has 0 bridgehead atoms. The van der Waals surface area contributed by atoms with Crippen LogP contribution >= 0.6 is 11.3 Å². The number of fused-ring (bicyclic) bond motifs is 1. The molecule has 0 fully saturated rings. The van der Waals surface area contributed by atoms with Crippen molar-refractivity contribution in [3.8, 4) is 11.6 Å². The van der Waals surface area contributed by atoms with Crippen LogP contribution in [-0.2, 0) is 6.42 Å². The van der Waals surface area contributed by atoms with E-state index in [1.54, 1.807) is 0 Å². The zero-order chi connectivity index (χ0) is 13.9. The van der Waals surface area contributed by atoms with Gasteiger partial charge in [0.25, 0.3) is 0 Å². The number of ether oxygens (including phenoxy) is 1. The van der Waals surface area contributed by atoms with E-state index in [9.17, 15) is 0 Å². The molecular weight excluding hydrogens is 272 g/mol. The quantitative estimate of drug-likeness (QED) is 0.568.